The van der Waals surface area contributed by atoms with Crippen molar-refractivity contribution < 1.29 is 14.3 Å². The van der Waals surface area contributed by atoms with E-state index in [-0.39, 0.29) is 5.91 Å². The normalized spacial score (nSPS) is 14.9. The monoisotopic (exact) mass is 397 g/mol. The van der Waals surface area contributed by atoms with Gasteiger partial charge < -0.3 is 14.8 Å². The zero-order valence-corrected chi connectivity index (χ0v) is 16.3. The molecular weight excluding hydrogens is 378 g/mol. The molecule has 138 valence electrons. The molecule has 0 spiro atoms. The van der Waals surface area contributed by atoms with Crippen molar-refractivity contribution in [3.63, 3.8) is 0 Å². The predicted molar refractivity (Wildman–Crippen MR) is 114 cm³/mol. The van der Waals surface area contributed by atoms with Crippen LogP contribution in [0.4, 0.5) is 0 Å². The summed E-state index contributed by atoms with van der Waals surface area (Å²) in [6, 6.07) is 15.5. The summed E-state index contributed by atoms with van der Waals surface area (Å²) in [5.74, 6) is 1.40. The Morgan fingerprint density at radius 2 is 1.93 bits per heavy atom. The lowest BCUT2D eigenvalue weighted by Gasteiger charge is -2.11. The number of rotatable bonds is 8. The molecule has 2 aromatic carbocycles. The largest absolute Gasteiger partial charge is 0.490 e. The number of amides is 1. The maximum Gasteiger partial charge on any atom is 0.263 e. The highest BCUT2D eigenvalue weighted by Crippen LogP contribution is 2.27. The van der Waals surface area contributed by atoms with Crippen molar-refractivity contribution in [3.05, 3.63) is 77.2 Å². The van der Waals surface area contributed by atoms with Crippen LogP contribution in [0.3, 0.4) is 0 Å². The van der Waals surface area contributed by atoms with E-state index in [2.05, 4.69) is 11.9 Å². The number of thiocarbonyl (C=S) groups is 1. The van der Waals surface area contributed by atoms with Gasteiger partial charge in [0.25, 0.3) is 5.91 Å². The molecule has 0 saturated carbocycles. The molecule has 27 heavy (non-hydrogen) atoms. The highest BCUT2D eigenvalue weighted by molar-refractivity contribution is 8.26. The van der Waals surface area contributed by atoms with Gasteiger partial charge in [-0.25, -0.2) is 0 Å². The number of carbonyl (C=O) groups excluding carboxylic acids is 1. The van der Waals surface area contributed by atoms with Gasteiger partial charge in [0.05, 0.1) is 4.91 Å². The van der Waals surface area contributed by atoms with Crippen LogP contribution in [0.2, 0.25) is 0 Å². The highest BCUT2D eigenvalue weighted by Gasteiger charge is 2.21. The van der Waals surface area contributed by atoms with Crippen LogP contribution in [0.5, 0.6) is 11.5 Å². The van der Waals surface area contributed by atoms with Gasteiger partial charge in [0.1, 0.15) is 29.0 Å². The summed E-state index contributed by atoms with van der Waals surface area (Å²) in [7, 11) is 0. The zero-order valence-electron chi connectivity index (χ0n) is 14.6. The first kappa shape index (κ1) is 19.2. The summed E-state index contributed by atoms with van der Waals surface area (Å²) in [6.45, 7) is 4.62. The van der Waals surface area contributed by atoms with E-state index in [0.29, 0.717) is 22.4 Å². The second-order valence-corrected chi connectivity index (χ2v) is 7.44. The quantitative estimate of drug-likeness (QED) is 0.310. The molecule has 0 aromatic heterocycles. The molecular formula is C21H19NO3S2. The van der Waals surface area contributed by atoms with Crippen molar-refractivity contribution >= 4 is 40.3 Å². The minimum Gasteiger partial charge on any atom is -0.490 e. The molecule has 0 atom stereocenters. The third-order valence-corrected chi connectivity index (χ3v) is 4.91. The van der Waals surface area contributed by atoms with Gasteiger partial charge in [0, 0.05) is 0 Å². The molecule has 3 rings (SSSR count). The summed E-state index contributed by atoms with van der Waals surface area (Å²) in [5.41, 5.74) is 1.98. The van der Waals surface area contributed by atoms with E-state index in [0.717, 1.165) is 29.0 Å². The Hall–Kier alpha value is -2.57. The highest BCUT2D eigenvalue weighted by atomic mass is 32.2. The van der Waals surface area contributed by atoms with Crippen LogP contribution in [0.1, 0.15) is 11.1 Å². The number of hydrogen-bond acceptors (Lipinski definition) is 5. The number of hydrogen-bond donors (Lipinski definition) is 1. The van der Waals surface area contributed by atoms with Crippen molar-refractivity contribution in [2.45, 2.75) is 6.42 Å². The predicted octanol–water partition coefficient (Wildman–Crippen LogP) is 4.36. The summed E-state index contributed by atoms with van der Waals surface area (Å²) in [5, 5.41) is 2.61. The third kappa shape index (κ3) is 5.45. The molecule has 2 aromatic rings. The van der Waals surface area contributed by atoms with Gasteiger partial charge in [0.15, 0.2) is 0 Å². The van der Waals surface area contributed by atoms with E-state index >= 15 is 0 Å². The smallest absolute Gasteiger partial charge is 0.263 e. The van der Waals surface area contributed by atoms with Crippen LogP contribution < -0.4 is 14.8 Å². The SMILES string of the molecule is C=CCc1ccccc1OCCOc1cccc(/C=C2\SC(=S)NC2=O)c1. The molecule has 1 N–H and O–H groups in total. The van der Waals surface area contributed by atoms with Gasteiger partial charge in [-0.1, -0.05) is 60.4 Å². The van der Waals surface area contributed by atoms with Crippen LogP contribution in [0.25, 0.3) is 6.08 Å². The lowest BCUT2D eigenvalue weighted by Crippen LogP contribution is -2.17. The molecule has 1 fully saturated rings. The Morgan fingerprint density at radius 3 is 2.70 bits per heavy atom. The van der Waals surface area contributed by atoms with E-state index < -0.39 is 0 Å². The molecule has 1 heterocycles. The lowest BCUT2D eigenvalue weighted by atomic mass is 10.1. The lowest BCUT2D eigenvalue weighted by molar-refractivity contribution is -0.115. The molecule has 1 aliphatic heterocycles. The molecule has 1 saturated heterocycles. The van der Waals surface area contributed by atoms with Gasteiger partial charge >= 0.3 is 0 Å². The first-order valence-electron chi connectivity index (χ1n) is 8.45. The van der Waals surface area contributed by atoms with Crippen molar-refractivity contribution in [2.75, 3.05) is 13.2 Å². The summed E-state index contributed by atoms with van der Waals surface area (Å²) in [4.78, 5) is 12.3. The maximum absolute atomic E-state index is 11.8. The Bertz CT molecular complexity index is 893. The van der Waals surface area contributed by atoms with Crippen LogP contribution in [0, 0.1) is 0 Å². The fourth-order valence-electron chi connectivity index (χ4n) is 2.55. The van der Waals surface area contributed by atoms with Crippen molar-refractivity contribution in [2.24, 2.45) is 0 Å². The second kappa shape index (κ2) is 9.39. The number of carbonyl (C=O) groups is 1. The van der Waals surface area contributed by atoms with E-state index in [1.807, 2.05) is 54.6 Å². The third-order valence-electron chi connectivity index (χ3n) is 3.74. The number of para-hydroxylation sites is 1. The Kier molecular flexibility index (Phi) is 6.68. The van der Waals surface area contributed by atoms with E-state index in [9.17, 15) is 4.79 Å². The van der Waals surface area contributed by atoms with Crippen LogP contribution in [-0.2, 0) is 11.2 Å². The molecule has 0 aliphatic carbocycles. The summed E-state index contributed by atoms with van der Waals surface area (Å²) in [6.07, 6.45) is 4.42. The standard InChI is InChI=1S/C21H19NO3S2/c1-2-6-16-8-3-4-10-18(16)25-12-11-24-17-9-5-7-15(13-17)14-19-20(23)22-21(26)27-19/h2-5,7-10,13-14H,1,6,11-12H2,(H,22,23,26)/b19-14-. The van der Waals surface area contributed by atoms with Gasteiger partial charge in [-0.3, -0.25) is 4.79 Å². The van der Waals surface area contributed by atoms with Gasteiger partial charge in [-0.2, -0.15) is 0 Å². The van der Waals surface area contributed by atoms with Gasteiger partial charge in [-0.15, -0.1) is 6.58 Å². The Labute approximate surface area is 168 Å². The van der Waals surface area contributed by atoms with Crippen molar-refractivity contribution in [3.8, 4) is 11.5 Å². The minimum absolute atomic E-state index is 0.164. The molecule has 0 bridgehead atoms. The van der Waals surface area contributed by atoms with E-state index in [1.165, 1.54) is 11.8 Å². The van der Waals surface area contributed by atoms with Crippen LogP contribution in [-0.4, -0.2) is 23.4 Å². The maximum atomic E-state index is 11.8. The molecule has 0 unspecified atom stereocenters. The number of thioether (sulfide) groups is 1. The van der Waals surface area contributed by atoms with Crippen molar-refractivity contribution in [1.82, 2.24) is 5.32 Å². The number of nitrogens with one attached hydrogen (secondary N) is 1. The summed E-state index contributed by atoms with van der Waals surface area (Å²) < 4.78 is 12.1. The van der Waals surface area contributed by atoms with E-state index in [4.69, 9.17) is 21.7 Å². The first-order valence-corrected chi connectivity index (χ1v) is 9.67. The number of allylic oxidation sites excluding steroid dienone is 1. The zero-order chi connectivity index (χ0) is 19.1. The fourth-order valence-corrected chi connectivity index (χ4v) is 3.59. The number of benzene rings is 2. The average molecular weight is 398 g/mol. The van der Waals surface area contributed by atoms with E-state index in [1.54, 1.807) is 6.08 Å². The van der Waals surface area contributed by atoms with Crippen LogP contribution >= 0.6 is 24.0 Å². The van der Waals surface area contributed by atoms with Gasteiger partial charge in [0.2, 0.25) is 0 Å². The Balaban J connectivity index is 1.55. The molecule has 4 nitrogen and oxygen atoms in total. The molecule has 1 aliphatic rings. The summed E-state index contributed by atoms with van der Waals surface area (Å²) >= 11 is 6.26. The Morgan fingerprint density at radius 1 is 1.11 bits per heavy atom. The average Bonchev–Trinajstić information content (AvgIpc) is 2.97. The molecule has 6 heteroatoms. The van der Waals surface area contributed by atoms with Crippen molar-refractivity contribution in [1.29, 1.82) is 0 Å². The number of ether oxygens (including phenoxy) is 2. The van der Waals surface area contributed by atoms with Gasteiger partial charge in [-0.05, 0) is 41.8 Å². The molecule has 1 amide bonds. The first-order chi connectivity index (χ1) is 13.2. The minimum atomic E-state index is -0.164. The topological polar surface area (TPSA) is 47.6 Å². The second-order valence-electron chi connectivity index (χ2n) is 5.72. The fraction of sp³-hybridized carbons (Fsp3) is 0.143. The molecule has 0 radical (unpaired) electrons. The van der Waals surface area contributed by atoms with Crippen LogP contribution in [0.15, 0.2) is 66.1 Å².